The molecule has 10 nitrogen and oxygen atoms in total. The van der Waals surface area contributed by atoms with Gasteiger partial charge in [0.05, 0.1) is 11.5 Å². The average Bonchev–Trinajstić information content (AvgIpc) is 3.43. The van der Waals surface area contributed by atoms with Crippen LogP contribution < -0.4 is 16.0 Å². The Morgan fingerprint density at radius 3 is 2.46 bits per heavy atom. The van der Waals surface area contributed by atoms with E-state index in [2.05, 4.69) is 27.5 Å². The molecule has 3 N–H and O–H groups in total. The molecule has 5 rings (SSSR count). The second-order valence-corrected chi connectivity index (χ2v) is 11.0. The topological polar surface area (TPSA) is 130 Å². The number of rotatable bonds is 9. The Kier molecular flexibility index (Phi) is 8.44. The number of hydrogen-bond acceptors (Lipinski definition) is 7. The van der Waals surface area contributed by atoms with Gasteiger partial charge in [-0.25, -0.2) is 9.78 Å². The zero-order valence-electron chi connectivity index (χ0n) is 22.6. The van der Waals surface area contributed by atoms with Crippen LogP contribution in [0.4, 0.5) is 9.93 Å². The number of thiazole rings is 1. The second kappa shape index (κ2) is 12.3. The molecule has 2 aliphatic rings. The Labute approximate surface area is 241 Å². The summed E-state index contributed by atoms with van der Waals surface area (Å²) in [6, 6.07) is 14.5. The predicted molar refractivity (Wildman–Crippen MR) is 155 cm³/mol. The Morgan fingerprint density at radius 1 is 1.05 bits per heavy atom. The highest BCUT2D eigenvalue weighted by Gasteiger charge is 2.38. The summed E-state index contributed by atoms with van der Waals surface area (Å²) in [6.07, 6.45) is 2.38. The number of allylic oxidation sites excluding steroid dienone is 1. The first kappa shape index (κ1) is 28.0. The van der Waals surface area contributed by atoms with E-state index in [-0.39, 0.29) is 23.6 Å². The van der Waals surface area contributed by atoms with Crippen LogP contribution in [0, 0.1) is 0 Å². The molecule has 1 aliphatic heterocycles. The third kappa shape index (κ3) is 6.98. The number of likely N-dealkylation sites (tertiary alicyclic amines) is 1. The number of benzene rings is 2. The van der Waals surface area contributed by atoms with Gasteiger partial charge < -0.3 is 25.6 Å². The predicted octanol–water partition coefficient (Wildman–Crippen LogP) is 4.63. The van der Waals surface area contributed by atoms with Gasteiger partial charge >= 0.3 is 6.09 Å². The van der Waals surface area contributed by atoms with E-state index in [1.807, 2.05) is 23.6 Å². The van der Waals surface area contributed by atoms with Crippen molar-refractivity contribution in [1.82, 2.24) is 20.5 Å². The van der Waals surface area contributed by atoms with E-state index >= 15 is 0 Å². The molecule has 1 aromatic heterocycles. The fraction of sp³-hybridized carbons (Fsp3) is 0.300. The van der Waals surface area contributed by atoms with Crippen LogP contribution in [0.25, 0.3) is 11.3 Å². The molecule has 0 bridgehead atoms. The van der Waals surface area contributed by atoms with Crippen LogP contribution in [0.2, 0.25) is 0 Å². The van der Waals surface area contributed by atoms with Gasteiger partial charge in [0, 0.05) is 29.1 Å². The number of ether oxygens (including phenoxy) is 1. The van der Waals surface area contributed by atoms with Gasteiger partial charge in [0.2, 0.25) is 5.91 Å². The highest BCUT2D eigenvalue weighted by Crippen LogP contribution is 2.28. The molecule has 212 valence electrons. The number of aromatic nitrogens is 1. The summed E-state index contributed by atoms with van der Waals surface area (Å²) < 4.78 is 5.02. The largest absolute Gasteiger partial charge is 0.416 e. The van der Waals surface area contributed by atoms with Gasteiger partial charge in [-0.1, -0.05) is 49.0 Å². The number of nitrogens with zero attached hydrogens (tertiary/aromatic N) is 2. The molecule has 3 aromatic rings. The lowest BCUT2D eigenvalue weighted by atomic mass is 10.1. The summed E-state index contributed by atoms with van der Waals surface area (Å²) in [5.41, 5.74) is 2.65. The molecule has 1 saturated heterocycles. The highest BCUT2D eigenvalue weighted by atomic mass is 32.1. The molecule has 1 saturated carbocycles. The third-order valence-electron chi connectivity index (χ3n) is 6.84. The van der Waals surface area contributed by atoms with Crippen molar-refractivity contribution in [2.45, 2.75) is 50.7 Å². The normalized spacial score (nSPS) is 16.9. The molecule has 0 unspecified atom stereocenters. The van der Waals surface area contributed by atoms with E-state index in [4.69, 9.17) is 4.74 Å². The Hall–Kier alpha value is -4.51. The molecule has 2 atom stereocenters. The van der Waals surface area contributed by atoms with Crippen molar-refractivity contribution in [3.8, 4) is 11.3 Å². The lowest BCUT2D eigenvalue weighted by Gasteiger charge is -2.28. The van der Waals surface area contributed by atoms with E-state index in [0.717, 1.165) is 18.4 Å². The quantitative estimate of drug-likeness (QED) is 0.320. The van der Waals surface area contributed by atoms with Crippen molar-refractivity contribution in [3.05, 3.63) is 83.4 Å². The summed E-state index contributed by atoms with van der Waals surface area (Å²) in [5, 5.41) is 10.7. The van der Waals surface area contributed by atoms with Gasteiger partial charge in [0.15, 0.2) is 5.13 Å². The molecule has 0 radical (unpaired) electrons. The first-order valence-corrected chi connectivity index (χ1v) is 14.3. The molecular weight excluding hydrogens is 542 g/mol. The summed E-state index contributed by atoms with van der Waals surface area (Å²) >= 11 is 1.28. The Balaban J connectivity index is 1.25. The Morgan fingerprint density at radius 2 is 1.78 bits per heavy atom. The molecule has 0 spiro atoms. The van der Waals surface area contributed by atoms with Crippen molar-refractivity contribution in [3.63, 3.8) is 0 Å². The van der Waals surface area contributed by atoms with Gasteiger partial charge in [-0.2, -0.15) is 0 Å². The van der Waals surface area contributed by atoms with E-state index in [1.54, 1.807) is 36.4 Å². The van der Waals surface area contributed by atoms with Gasteiger partial charge in [-0.05, 0) is 50.3 Å². The minimum absolute atomic E-state index is 0.0849. The fourth-order valence-electron chi connectivity index (χ4n) is 4.65. The first-order valence-electron chi connectivity index (χ1n) is 13.5. The monoisotopic (exact) mass is 573 g/mol. The van der Waals surface area contributed by atoms with Gasteiger partial charge in [-0.3, -0.25) is 14.4 Å². The van der Waals surface area contributed by atoms with E-state index in [9.17, 15) is 19.2 Å². The lowest BCUT2D eigenvalue weighted by Crippen LogP contribution is -2.48. The molecule has 2 heterocycles. The summed E-state index contributed by atoms with van der Waals surface area (Å²) in [6.45, 7) is 5.47. The zero-order chi connectivity index (χ0) is 28.9. The van der Waals surface area contributed by atoms with Crippen LogP contribution in [0.1, 0.15) is 54.6 Å². The van der Waals surface area contributed by atoms with Gasteiger partial charge in [-0.15, -0.1) is 11.3 Å². The van der Waals surface area contributed by atoms with Crippen LogP contribution in [0.3, 0.4) is 0 Å². The molecule has 11 heteroatoms. The average molecular weight is 574 g/mol. The van der Waals surface area contributed by atoms with E-state index < -0.39 is 24.1 Å². The summed E-state index contributed by atoms with van der Waals surface area (Å²) in [5.74, 6) is -0.644. The number of hydrogen-bond donors (Lipinski definition) is 3. The molecule has 41 heavy (non-hydrogen) atoms. The van der Waals surface area contributed by atoms with Crippen molar-refractivity contribution in [2.75, 3.05) is 11.9 Å². The van der Waals surface area contributed by atoms with Crippen LogP contribution >= 0.6 is 11.3 Å². The maximum absolute atomic E-state index is 13.7. The Bertz CT molecular complexity index is 1450. The molecule has 1 aliphatic carbocycles. The maximum atomic E-state index is 13.7. The lowest BCUT2D eigenvalue weighted by molar-refractivity contribution is -0.138. The number of nitrogens with one attached hydrogen (secondary N) is 3. The number of amides is 4. The van der Waals surface area contributed by atoms with E-state index in [0.29, 0.717) is 41.3 Å². The number of alkyl carbamates (subject to hydrolysis) is 1. The van der Waals surface area contributed by atoms with Gasteiger partial charge in [0.25, 0.3) is 11.8 Å². The fourth-order valence-corrected chi connectivity index (χ4v) is 5.37. The van der Waals surface area contributed by atoms with E-state index in [1.165, 1.54) is 23.2 Å². The van der Waals surface area contributed by atoms with Gasteiger partial charge in [0.1, 0.15) is 12.1 Å². The second-order valence-electron chi connectivity index (χ2n) is 10.1. The van der Waals surface area contributed by atoms with Crippen molar-refractivity contribution >= 4 is 40.3 Å². The van der Waals surface area contributed by atoms with Crippen LogP contribution in [-0.4, -0.2) is 52.3 Å². The molecular formula is C30H31N5O5S. The minimum Gasteiger partial charge on any atom is -0.416 e. The van der Waals surface area contributed by atoms with Crippen LogP contribution in [0.5, 0.6) is 0 Å². The molecule has 2 aromatic carbocycles. The van der Waals surface area contributed by atoms with Crippen LogP contribution in [-0.2, 0) is 14.3 Å². The molecule has 2 fully saturated rings. The number of anilines is 1. The smallest absolute Gasteiger partial charge is 0.413 e. The molecule has 4 amide bonds. The zero-order valence-corrected chi connectivity index (χ0v) is 23.4. The number of carbonyl (C=O) groups excluding carboxylic acids is 4. The SMILES string of the molecule is C=C(C)OC(=O)N[C@@H](C(=O)N1CCC[C@H]1C(=O)Nc1nc(-c2ccc(C(=O)NC3CC3)cc2)cs1)c1ccccc1. The third-order valence-corrected chi connectivity index (χ3v) is 7.59. The maximum Gasteiger partial charge on any atom is 0.413 e. The standard InChI is InChI=1S/C30H31N5O5S/c1-18(2)40-30(39)33-25(20-7-4-3-5-8-20)28(38)35-16-6-9-24(35)27(37)34-29-32-23(17-41-29)19-10-12-21(13-11-19)26(36)31-22-14-15-22/h3-5,7-8,10-13,17,22,24-25H,1,6,9,14-16H2,2H3,(H,31,36)(H,33,39)(H,32,34,37)/t24-,25+/m0/s1. The van der Waals surface area contributed by atoms with Crippen molar-refractivity contribution in [2.24, 2.45) is 0 Å². The minimum atomic E-state index is -1.03. The van der Waals surface area contributed by atoms with Crippen molar-refractivity contribution in [1.29, 1.82) is 0 Å². The van der Waals surface area contributed by atoms with Crippen LogP contribution in [0.15, 0.2) is 72.3 Å². The number of carbonyl (C=O) groups is 4. The summed E-state index contributed by atoms with van der Waals surface area (Å²) in [7, 11) is 0. The summed E-state index contributed by atoms with van der Waals surface area (Å²) in [4.78, 5) is 57.6. The van der Waals surface area contributed by atoms with Crippen molar-refractivity contribution < 1.29 is 23.9 Å². The highest BCUT2D eigenvalue weighted by molar-refractivity contribution is 7.14. The first-order chi connectivity index (χ1) is 19.8.